The second kappa shape index (κ2) is 6.06. The smallest absolute Gasteiger partial charge is 0.241 e. The van der Waals surface area contributed by atoms with Crippen molar-refractivity contribution in [1.29, 1.82) is 0 Å². The van der Waals surface area contributed by atoms with Crippen LogP contribution in [0.3, 0.4) is 0 Å². The third kappa shape index (κ3) is 3.47. The van der Waals surface area contributed by atoms with Crippen LogP contribution in [0.25, 0.3) is 0 Å². The normalized spacial score (nSPS) is 16.7. The van der Waals surface area contributed by atoms with Crippen molar-refractivity contribution in [3.63, 3.8) is 0 Å². The molecule has 1 aliphatic heterocycles. The van der Waals surface area contributed by atoms with E-state index in [1.807, 2.05) is 18.1 Å². The SMILES string of the molecule is CCc1nn(C)cc1NCC(=O)N1CCN(C)CC1. The van der Waals surface area contributed by atoms with Gasteiger partial charge in [0.1, 0.15) is 0 Å². The summed E-state index contributed by atoms with van der Waals surface area (Å²) >= 11 is 0. The third-order valence-corrected chi connectivity index (χ3v) is 3.53. The Kier molecular flexibility index (Phi) is 4.42. The lowest BCUT2D eigenvalue weighted by Gasteiger charge is -2.32. The van der Waals surface area contributed by atoms with Crippen LogP contribution in [-0.2, 0) is 18.3 Å². The minimum absolute atomic E-state index is 0.166. The molecule has 1 aliphatic rings. The molecule has 1 amide bonds. The Balaban J connectivity index is 1.86. The summed E-state index contributed by atoms with van der Waals surface area (Å²) in [6.07, 6.45) is 2.79. The van der Waals surface area contributed by atoms with Crippen LogP contribution >= 0.6 is 0 Å². The number of carbonyl (C=O) groups is 1. The molecule has 0 saturated carbocycles. The first kappa shape index (κ1) is 13.9. The number of likely N-dealkylation sites (N-methyl/N-ethyl adjacent to an activating group) is 1. The highest BCUT2D eigenvalue weighted by molar-refractivity contribution is 5.81. The number of piperazine rings is 1. The highest BCUT2D eigenvalue weighted by atomic mass is 16.2. The van der Waals surface area contributed by atoms with Crippen LogP contribution in [-0.4, -0.2) is 65.3 Å². The summed E-state index contributed by atoms with van der Waals surface area (Å²) in [5.74, 6) is 0.166. The molecular weight excluding hydrogens is 242 g/mol. The molecule has 0 unspecified atom stereocenters. The van der Waals surface area contributed by atoms with Gasteiger partial charge in [-0.3, -0.25) is 9.48 Å². The molecule has 2 rings (SSSR count). The van der Waals surface area contributed by atoms with E-state index in [4.69, 9.17) is 0 Å². The lowest BCUT2D eigenvalue weighted by atomic mass is 10.3. The van der Waals surface area contributed by atoms with E-state index in [0.29, 0.717) is 6.54 Å². The van der Waals surface area contributed by atoms with Crippen LogP contribution in [0.2, 0.25) is 0 Å². The lowest BCUT2D eigenvalue weighted by molar-refractivity contribution is -0.130. The zero-order valence-corrected chi connectivity index (χ0v) is 12.0. The molecule has 1 N–H and O–H groups in total. The quantitative estimate of drug-likeness (QED) is 0.843. The van der Waals surface area contributed by atoms with E-state index in [1.165, 1.54) is 0 Å². The van der Waals surface area contributed by atoms with Gasteiger partial charge in [0, 0.05) is 39.4 Å². The molecule has 19 heavy (non-hydrogen) atoms. The maximum Gasteiger partial charge on any atom is 0.241 e. The van der Waals surface area contributed by atoms with Gasteiger partial charge in [0.05, 0.1) is 17.9 Å². The van der Waals surface area contributed by atoms with Crippen molar-refractivity contribution in [2.75, 3.05) is 45.1 Å². The van der Waals surface area contributed by atoms with Crippen LogP contribution < -0.4 is 5.32 Å². The number of aromatic nitrogens is 2. The fraction of sp³-hybridized carbons (Fsp3) is 0.692. The van der Waals surface area contributed by atoms with Gasteiger partial charge in [-0.15, -0.1) is 0 Å². The Morgan fingerprint density at radius 2 is 2.00 bits per heavy atom. The molecule has 0 aromatic carbocycles. The second-order valence-corrected chi connectivity index (χ2v) is 5.05. The number of carbonyl (C=O) groups excluding carboxylic acids is 1. The summed E-state index contributed by atoms with van der Waals surface area (Å²) in [5, 5.41) is 7.56. The van der Waals surface area contributed by atoms with Crippen LogP contribution in [0.5, 0.6) is 0 Å². The van der Waals surface area contributed by atoms with Crippen molar-refractivity contribution in [2.45, 2.75) is 13.3 Å². The number of nitrogens with one attached hydrogen (secondary N) is 1. The summed E-state index contributed by atoms with van der Waals surface area (Å²) in [6.45, 7) is 5.98. The standard InChI is InChI=1S/C13H23N5O/c1-4-11-12(10-17(3)15-11)14-9-13(19)18-7-5-16(2)6-8-18/h10,14H,4-9H2,1-3H3. The molecule has 2 heterocycles. The van der Waals surface area contributed by atoms with Crippen molar-refractivity contribution in [1.82, 2.24) is 19.6 Å². The Hall–Kier alpha value is -1.56. The van der Waals surface area contributed by atoms with Gasteiger partial charge in [0.15, 0.2) is 0 Å². The average Bonchev–Trinajstić information content (AvgIpc) is 2.77. The minimum Gasteiger partial charge on any atom is -0.373 e. The number of nitrogens with zero attached hydrogens (tertiary/aromatic N) is 4. The van der Waals surface area contributed by atoms with Gasteiger partial charge in [-0.25, -0.2) is 0 Å². The van der Waals surface area contributed by atoms with Gasteiger partial charge >= 0.3 is 0 Å². The summed E-state index contributed by atoms with van der Waals surface area (Å²) < 4.78 is 1.78. The number of amides is 1. The zero-order chi connectivity index (χ0) is 13.8. The van der Waals surface area contributed by atoms with Gasteiger partial charge in [0.25, 0.3) is 0 Å². The van der Waals surface area contributed by atoms with Crippen molar-refractivity contribution in [3.8, 4) is 0 Å². The highest BCUT2D eigenvalue weighted by Gasteiger charge is 2.19. The molecule has 1 aromatic rings. The molecule has 0 atom stereocenters. The molecule has 1 saturated heterocycles. The van der Waals surface area contributed by atoms with E-state index in [9.17, 15) is 4.79 Å². The Labute approximate surface area is 114 Å². The number of aryl methyl sites for hydroxylation is 2. The van der Waals surface area contributed by atoms with E-state index in [1.54, 1.807) is 4.68 Å². The van der Waals surface area contributed by atoms with Crippen molar-refractivity contribution in [2.24, 2.45) is 7.05 Å². The van der Waals surface area contributed by atoms with Crippen LogP contribution in [0, 0.1) is 0 Å². The van der Waals surface area contributed by atoms with Gasteiger partial charge < -0.3 is 15.1 Å². The van der Waals surface area contributed by atoms with E-state index in [0.717, 1.165) is 44.0 Å². The summed E-state index contributed by atoms with van der Waals surface area (Å²) in [4.78, 5) is 16.3. The molecule has 0 radical (unpaired) electrons. The Morgan fingerprint density at radius 3 is 2.63 bits per heavy atom. The Morgan fingerprint density at radius 1 is 1.32 bits per heavy atom. The fourth-order valence-electron chi connectivity index (χ4n) is 2.28. The third-order valence-electron chi connectivity index (χ3n) is 3.53. The molecule has 0 spiro atoms. The monoisotopic (exact) mass is 265 g/mol. The van der Waals surface area contributed by atoms with Gasteiger partial charge in [-0.1, -0.05) is 6.92 Å². The van der Waals surface area contributed by atoms with Crippen LogP contribution in [0.4, 0.5) is 5.69 Å². The molecule has 1 fully saturated rings. The first-order valence-corrected chi connectivity index (χ1v) is 6.83. The van der Waals surface area contributed by atoms with E-state index in [2.05, 4.69) is 29.3 Å². The molecule has 6 heteroatoms. The summed E-state index contributed by atoms with van der Waals surface area (Å²) in [7, 11) is 3.98. The number of hydrogen-bond donors (Lipinski definition) is 1. The summed E-state index contributed by atoms with van der Waals surface area (Å²) in [6, 6.07) is 0. The predicted molar refractivity (Wildman–Crippen MR) is 75.2 cm³/mol. The molecular formula is C13H23N5O. The zero-order valence-electron chi connectivity index (χ0n) is 12.0. The fourth-order valence-corrected chi connectivity index (χ4v) is 2.28. The van der Waals surface area contributed by atoms with E-state index in [-0.39, 0.29) is 5.91 Å². The Bertz CT molecular complexity index is 434. The molecule has 0 aliphatic carbocycles. The van der Waals surface area contributed by atoms with Gasteiger partial charge in [-0.2, -0.15) is 5.10 Å². The average molecular weight is 265 g/mol. The predicted octanol–water partition coefficient (Wildman–Crippen LogP) is 0.168. The number of rotatable bonds is 4. The number of anilines is 1. The number of hydrogen-bond acceptors (Lipinski definition) is 4. The molecule has 0 bridgehead atoms. The van der Waals surface area contributed by atoms with Crippen molar-refractivity contribution >= 4 is 11.6 Å². The van der Waals surface area contributed by atoms with E-state index >= 15 is 0 Å². The van der Waals surface area contributed by atoms with Crippen LogP contribution in [0.15, 0.2) is 6.20 Å². The maximum atomic E-state index is 12.1. The molecule has 6 nitrogen and oxygen atoms in total. The van der Waals surface area contributed by atoms with Gasteiger partial charge in [-0.05, 0) is 13.5 Å². The highest BCUT2D eigenvalue weighted by Crippen LogP contribution is 2.13. The largest absolute Gasteiger partial charge is 0.373 e. The van der Waals surface area contributed by atoms with Crippen molar-refractivity contribution in [3.05, 3.63) is 11.9 Å². The second-order valence-electron chi connectivity index (χ2n) is 5.05. The van der Waals surface area contributed by atoms with E-state index < -0.39 is 0 Å². The lowest BCUT2D eigenvalue weighted by Crippen LogP contribution is -2.48. The topological polar surface area (TPSA) is 53.4 Å². The van der Waals surface area contributed by atoms with Gasteiger partial charge in [0.2, 0.25) is 5.91 Å². The first-order valence-electron chi connectivity index (χ1n) is 6.83. The van der Waals surface area contributed by atoms with Crippen LogP contribution in [0.1, 0.15) is 12.6 Å². The maximum absolute atomic E-state index is 12.1. The molecule has 1 aromatic heterocycles. The first-order chi connectivity index (χ1) is 9.10. The van der Waals surface area contributed by atoms with Crippen molar-refractivity contribution < 1.29 is 4.79 Å². The molecule has 106 valence electrons. The minimum atomic E-state index is 0.166. The summed E-state index contributed by atoms with van der Waals surface area (Å²) in [5.41, 5.74) is 1.97.